The summed E-state index contributed by atoms with van der Waals surface area (Å²) in [7, 11) is 0. The standard InChI is InChI=1S/C9H8N2OS/c10-6-7(5-9(11)13)4-8-2-1-3-12-8/h1-4H,5H2,(H2,11,13)/b7-4-. The third kappa shape index (κ3) is 3.09. The van der Waals surface area contributed by atoms with Crippen LogP contribution in [0.25, 0.3) is 6.08 Å². The second-order valence-corrected chi connectivity index (χ2v) is 2.96. The summed E-state index contributed by atoms with van der Waals surface area (Å²) in [5.41, 5.74) is 5.81. The Morgan fingerprint density at radius 3 is 3.00 bits per heavy atom. The highest BCUT2D eigenvalue weighted by atomic mass is 32.1. The largest absolute Gasteiger partial charge is 0.465 e. The first-order valence-electron chi connectivity index (χ1n) is 3.65. The smallest absolute Gasteiger partial charge is 0.127 e. The van der Waals surface area contributed by atoms with Gasteiger partial charge in [-0.15, -0.1) is 0 Å². The summed E-state index contributed by atoms with van der Waals surface area (Å²) in [6.07, 6.45) is 3.48. The van der Waals surface area contributed by atoms with Crippen molar-refractivity contribution in [3.8, 4) is 6.07 Å². The fraction of sp³-hybridized carbons (Fsp3) is 0.111. The van der Waals surface area contributed by atoms with E-state index in [1.54, 1.807) is 24.5 Å². The van der Waals surface area contributed by atoms with E-state index in [0.717, 1.165) is 0 Å². The Morgan fingerprint density at radius 2 is 2.54 bits per heavy atom. The summed E-state index contributed by atoms with van der Waals surface area (Å²) >= 11 is 4.69. The molecule has 0 saturated heterocycles. The Bertz CT molecular complexity index is 359. The molecule has 0 aliphatic heterocycles. The highest BCUT2D eigenvalue weighted by molar-refractivity contribution is 7.80. The lowest BCUT2D eigenvalue weighted by atomic mass is 10.2. The molecule has 0 aliphatic rings. The molecule has 0 bridgehead atoms. The molecule has 0 amide bonds. The normalized spacial score (nSPS) is 10.8. The molecule has 0 aliphatic carbocycles. The maximum atomic E-state index is 8.70. The lowest BCUT2D eigenvalue weighted by Gasteiger charge is -1.93. The second-order valence-electron chi connectivity index (χ2n) is 2.44. The molecule has 0 atom stereocenters. The number of rotatable bonds is 3. The summed E-state index contributed by atoms with van der Waals surface area (Å²) in [5, 5.41) is 8.70. The number of hydrogen-bond donors (Lipinski definition) is 1. The van der Waals surface area contributed by atoms with Gasteiger partial charge in [0.2, 0.25) is 0 Å². The monoisotopic (exact) mass is 192 g/mol. The average molecular weight is 192 g/mol. The molecule has 66 valence electrons. The van der Waals surface area contributed by atoms with Crippen LogP contribution >= 0.6 is 12.2 Å². The molecule has 0 fully saturated rings. The van der Waals surface area contributed by atoms with Crippen LogP contribution in [0.3, 0.4) is 0 Å². The van der Waals surface area contributed by atoms with Gasteiger partial charge in [0.05, 0.1) is 17.3 Å². The first-order chi connectivity index (χ1) is 6.22. The van der Waals surface area contributed by atoms with Crippen LogP contribution in [0.1, 0.15) is 12.2 Å². The molecule has 1 heterocycles. The predicted molar refractivity (Wildman–Crippen MR) is 53.7 cm³/mol. The Labute approximate surface area is 81.5 Å². The van der Waals surface area contributed by atoms with Gasteiger partial charge in [-0.25, -0.2) is 0 Å². The van der Waals surface area contributed by atoms with E-state index in [4.69, 9.17) is 15.4 Å². The van der Waals surface area contributed by atoms with E-state index in [2.05, 4.69) is 12.2 Å². The molecule has 0 unspecified atom stereocenters. The van der Waals surface area contributed by atoms with Crippen LogP contribution in [0.5, 0.6) is 0 Å². The SMILES string of the molecule is N#C/C(=C\c1ccco1)CC(N)=S. The molecule has 3 nitrogen and oxygen atoms in total. The van der Waals surface area contributed by atoms with Crippen molar-refractivity contribution in [3.63, 3.8) is 0 Å². The number of nitrogens with zero attached hydrogens (tertiary/aromatic N) is 1. The molecule has 0 radical (unpaired) electrons. The van der Waals surface area contributed by atoms with Gasteiger partial charge in [0.25, 0.3) is 0 Å². The maximum Gasteiger partial charge on any atom is 0.127 e. The molecule has 1 rings (SSSR count). The van der Waals surface area contributed by atoms with Crippen LogP contribution in [0, 0.1) is 11.3 Å². The lowest BCUT2D eigenvalue weighted by Crippen LogP contribution is -2.07. The molecule has 0 spiro atoms. The minimum absolute atomic E-state index is 0.305. The molecule has 2 N–H and O–H groups in total. The molecule has 13 heavy (non-hydrogen) atoms. The Balaban J connectivity index is 2.79. The van der Waals surface area contributed by atoms with Gasteiger partial charge in [-0.2, -0.15) is 5.26 Å². The second kappa shape index (κ2) is 4.43. The minimum Gasteiger partial charge on any atom is -0.465 e. The Hall–Kier alpha value is -1.60. The van der Waals surface area contributed by atoms with Gasteiger partial charge in [-0.1, -0.05) is 12.2 Å². The van der Waals surface area contributed by atoms with E-state index >= 15 is 0 Å². The van der Waals surface area contributed by atoms with E-state index in [1.807, 2.05) is 6.07 Å². The summed E-state index contributed by atoms with van der Waals surface area (Å²) in [5.74, 6) is 0.632. The number of hydrogen-bond acceptors (Lipinski definition) is 3. The van der Waals surface area contributed by atoms with Crippen molar-refractivity contribution < 1.29 is 4.42 Å². The van der Waals surface area contributed by atoms with Crippen molar-refractivity contribution in [2.45, 2.75) is 6.42 Å². The van der Waals surface area contributed by atoms with E-state index in [-0.39, 0.29) is 0 Å². The molecule has 1 aromatic rings. The highest BCUT2D eigenvalue weighted by Gasteiger charge is 1.99. The Kier molecular flexibility index (Phi) is 3.23. The van der Waals surface area contributed by atoms with Gasteiger partial charge in [-0.05, 0) is 18.2 Å². The first-order valence-corrected chi connectivity index (χ1v) is 4.05. The zero-order valence-electron chi connectivity index (χ0n) is 6.86. The van der Waals surface area contributed by atoms with Gasteiger partial charge in [0.15, 0.2) is 0 Å². The third-order valence-electron chi connectivity index (χ3n) is 1.37. The number of furan rings is 1. The molecular weight excluding hydrogens is 184 g/mol. The summed E-state index contributed by atoms with van der Waals surface area (Å²) in [6, 6.07) is 5.52. The minimum atomic E-state index is 0.305. The van der Waals surface area contributed by atoms with Crippen LogP contribution in [0.4, 0.5) is 0 Å². The molecule has 4 heteroatoms. The van der Waals surface area contributed by atoms with Crippen molar-refractivity contribution in [2.24, 2.45) is 5.73 Å². The van der Waals surface area contributed by atoms with Gasteiger partial charge >= 0.3 is 0 Å². The molecule has 1 aromatic heterocycles. The third-order valence-corrected chi connectivity index (χ3v) is 1.51. The first kappa shape index (κ1) is 9.49. The molecule has 0 saturated carbocycles. The van der Waals surface area contributed by atoms with E-state index in [1.165, 1.54) is 0 Å². The summed E-state index contributed by atoms with van der Waals surface area (Å²) in [6.45, 7) is 0. The van der Waals surface area contributed by atoms with Gasteiger partial charge < -0.3 is 10.2 Å². The van der Waals surface area contributed by atoms with Crippen LogP contribution in [0.2, 0.25) is 0 Å². The average Bonchev–Trinajstić information content (AvgIpc) is 2.55. The lowest BCUT2D eigenvalue weighted by molar-refractivity contribution is 0.556. The quantitative estimate of drug-likeness (QED) is 0.586. The fourth-order valence-corrected chi connectivity index (χ4v) is 1.01. The zero-order chi connectivity index (χ0) is 9.68. The molecular formula is C9H8N2OS. The fourth-order valence-electron chi connectivity index (χ4n) is 0.856. The van der Waals surface area contributed by atoms with Gasteiger partial charge in [0, 0.05) is 12.0 Å². The zero-order valence-corrected chi connectivity index (χ0v) is 7.67. The van der Waals surface area contributed by atoms with Crippen LogP contribution < -0.4 is 5.73 Å². The topological polar surface area (TPSA) is 63.0 Å². The van der Waals surface area contributed by atoms with Crippen LogP contribution in [0.15, 0.2) is 28.4 Å². The van der Waals surface area contributed by atoms with Crippen molar-refractivity contribution in [3.05, 3.63) is 29.7 Å². The number of nitrogens with two attached hydrogens (primary N) is 1. The number of nitriles is 1. The highest BCUT2D eigenvalue weighted by Crippen LogP contribution is 2.09. The van der Waals surface area contributed by atoms with Crippen LogP contribution in [-0.2, 0) is 0 Å². The van der Waals surface area contributed by atoms with Crippen LogP contribution in [-0.4, -0.2) is 4.99 Å². The maximum absolute atomic E-state index is 8.70. The predicted octanol–water partition coefficient (Wildman–Crippen LogP) is 1.86. The number of thiocarbonyl (C=S) groups is 1. The van der Waals surface area contributed by atoms with Crippen molar-refractivity contribution in [1.29, 1.82) is 5.26 Å². The van der Waals surface area contributed by atoms with E-state index in [9.17, 15) is 0 Å². The summed E-state index contributed by atoms with van der Waals surface area (Å²) in [4.78, 5) is 0.305. The van der Waals surface area contributed by atoms with E-state index in [0.29, 0.717) is 22.7 Å². The van der Waals surface area contributed by atoms with Crippen molar-refractivity contribution >= 4 is 23.3 Å². The van der Waals surface area contributed by atoms with Gasteiger partial charge in [-0.3, -0.25) is 0 Å². The van der Waals surface area contributed by atoms with E-state index < -0.39 is 0 Å². The Morgan fingerprint density at radius 1 is 1.77 bits per heavy atom. The van der Waals surface area contributed by atoms with Gasteiger partial charge in [0.1, 0.15) is 5.76 Å². The summed E-state index contributed by atoms with van der Waals surface area (Å²) < 4.78 is 5.04. The molecule has 0 aromatic carbocycles. The van der Waals surface area contributed by atoms with Crippen molar-refractivity contribution in [2.75, 3.05) is 0 Å². The van der Waals surface area contributed by atoms with Crippen molar-refractivity contribution in [1.82, 2.24) is 0 Å².